The number of aromatic carboxylic acids is 3. The highest BCUT2D eigenvalue weighted by atomic mass is 16.4. The van der Waals surface area contributed by atoms with Crippen molar-refractivity contribution in [2.75, 3.05) is 6.61 Å². The van der Waals surface area contributed by atoms with Crippen LogP contribution < -0.4 is 0 Å². The molecule has 9 N–H and O–H groups in total. The first-order chi connectivity index (χ1) is 12.9. The molecule has 0 aromatic heterocycles. The Labute approximate surface area is 156 Å². The zero-order valence-corrected chi connectivity index (χ0v) is 13.9. The van der Waals surface area contributed by atoms with Gasteiger partial charge in [0.2, 0.25) is 0 Å². The lowest BCUT2D eigenvalue weighted by Gasteiger charge is -2.23. The molecule has 0 amide bonds. The summed E-state index contributed by atoms with van der Waals surface area (Å²) in [4.78, 5) is 42.1. The summed E-state index contributed by atoms with van der Waals surface area (Å²) < 4.78 is 0. The van der Waals surface area contributed by atoms with Crippen LogP contribution in [0, 0.1) is 0 Å². The molecule has 1 aromatic rings. The molecule has 1 aromatic carbocycles. The first kappa shape index (κ1) is 24.9. The number of carboxylic acids is 4. The normalized spacial score (nSPS) is 14.6. The van der Waals surface area contributed by atoms with Crippen molar-refractivity contribution in [2.24, 2.45) is 0 Å². The quantitative estimate of drug-likeness (QED) is 0.213. The van der Waals surface area contributed by atoms with Crippen molar-refractivity contribution in [1.29, 1.82) is 0 Å². The number of rotatable bonds is 8. The zero-order valence-electron chi connectivity index (χ0n) is 13.9. The molecule has 0 unspecified atom stereocenters. The smallest absolute Gasteiger partial charge is 0.337 e. The van der Waals surface area contributed by atoms with Crippen LogP contribution in [0.2, 0.25) is 0 Å². The number of aliphatic carboxylic acids is 1. The predicted octanol–water partition coefficient (Wildman–Crippen LogP) is -2.71. The van der Waals surface area contributed by atoms with E-state index in [-0.39, 0.29) is 0 Å². The summed E-state index contributed by atoms with van der Waals surface area (Å²) in [5.74, 6) is -6.26. The highest BCUT2D eigenvalue weighted by Crippen LogP contribution is 2.15. The summed E-state index contributed by atoms with van der Waals surface area (Å²) in [6.45, 7) is -0.843. The Morgan fingerprint density at radius 2 is 1.18 bits per heavy atom. The molecule has 1 rings (SSSR count). The van der Waals surface area contributed by atoms with Gasteiger partial charge in [-0.1, -0.05) is 6.07 Å². The van der Waals surface area contributed by atoms with Crippen LogP contribution in [0.3, 0.4) is 0 Å². The van der Waals surface area contributed by atoms with Crippen LogP contribution in [0.1, 0.15) is 31.1 Å². The maximum atomic E-state index is 10.7. The van der Waals surface area contributed by atoms with Crippen LogP contribution in [0.5, 0.6) is 0 Å². The molecule has 0 aliphatic carbocycles. The van der Waals surface area contributed by atoms with Gasteiger partial charge >= 0.3 is 23.9 Å². The van der Waals surface area contributed by atoms with Crippen LogP contribution in [0.15, 0.2) is 18.2 Å². The SMILES string of the molecule is O=C(O)[C@H](O)[C@@H](O)[C@H](O)[C@H](O)CO.O=C(O)c1cccc(C(=O)O)c1C(=O)O. The molecule has 0 saturated carbocycles. The summed E-state index contributed by atoms with van der Waals surface area (Å²) in [7, 11) is 0. The first-order valence-electron chi connectivity index (χ1n) is 7.25. The number of aliphatic hydroxyl groups excluding tert-OH is 5. The van der Waals surface area contributed by atoms with E-state index < -0.39 is 71.6 Å². The van der Waals surface area contributed by atoms with Crippen LogP contribution in [-0.2, 0) is 4.79 Å². The fraction of sp³-hybridized carbons (Fsp3) is 0.333. The van der Waals surface area contributed by atoms with E-state index in [2.05, 4.69) is 0 Å². The minimum Gasteiger partial charge on any atom is -0.479 e. The van der Waals surface area contributed by atoms with Gasteiger partial charge in [-0.3, -0.25) is 0 Å². The maximum absolute atomic E-state index is 10.7. The molecular weight excluding hydrogens is 388 g/mol. The molecule has 0 fully saturated rings. The molecule has 0 radical (unpaired) electrons. The van der Waals surface area contributed by atoms with E-state index in [4.69, 9.17) is 46.0 Å². The summed E-state index contributed by atoms with van der Waals surface area (Å²) in [6.07, 6.45) is -7.84. The van der Waals surface area contributed by atoms with Gasteiger partial charge in [0, 0.05) is 0 Å². The standard InChI is InChI=1S/C9H6O6.C6H12O7/c10-7(11)4-2-1-3-5(8(12)13)6(4)9(14)15;7-1-2(8)3(9)4(10)5(11)6(12)13/h1-3H,(H,10,11)(H,12,13)(H,14,15);2-5,7-11H,1H2,(H,12,13)/t;2-,3-,4+,5-/m.1/s1. The fourth-order valence-corrected chi connectivity index (χ4v) is 1.81. The number of hydrogen-bond acceptors (Lipinski definition) is 9. The molecule has 0 aliphatic heterocycles. The molecule has 0 heterocycles. The second kappa shape index (κ2) is 10.9. The summed E-state index contributed by atoms with van der Waals surface area (Å²) in [5, 5.41) is 77.9. The molecule has 0 aliphatic rings. The molecule has 0 saturated heterocycles. The van der Waals surface area contributed by atoms with Gasteiger partial charge in [-0.2, -0.15) is 0 Å². The topological polar surface area (TPSA) is 250 Å². The van der Waals surface area contributed by atoms with E-state index in [1.165, 1.54) is 6.07 Å². The van der Waals surface area contributed by atoms with Gasteiger partial charge in [-0.25, -0.2) is 19.2 Å². The van der Waals surface area contributed by atoms with E-state index >= 15 is 0 Å². The lowest BCUT2D eigenvalue weighted by molar-refractivity contribution is -0.164. The van der Waals surface area contributed by atoms with Crippen molar-refractivity contribution in [3.05, 3.63) is 34.9 Å². The van der Waals surface area contributed by atoms with E-state index in [0.717, 1.165) is 12.1 Å². The molecule has 13 nitrogen and oxygen atoms in total. The van der Waals surface area contributed by atoms with Gasteiger partial charge < -0.3 is 46.0 Å². The van der Waals surface area contributed by atoms with E-state index in [0.29, 0.717) is 0 Å². The third kappa shape index (κ3) is 6.57. The van der Waals surface area contributed by atoms with E-state index in [1.807, 2.05) is 0 Å². The van der Waals surface area contributed by atoms with Crippen molar-refractivity contribution in [3.63, 3.8) is 0 Å². The van der Waals surface area contributed by atoms with Gasteiger partial charge in [0.05, 0.1) is 23.3 Å². The molecule has 13 heteroatoms. The Morgan fingerprint density at radius 1 is 0.750 bits per heavy atom. The van der Waals surface area contributed by atoms with Crippen LogP contribution >= 0.6 is 0 Å². The molecular formula is C15H18O13. The van der Waals surface area contributed by atoms with E-state index in [9.17, 15) is 19.2 Å². The zero-order chi connectivity index (χ0) is 22.2. The average Bonchev–Trinajstić information content (AvgIpc) is 2.64. The van der Waals surface area contributed by atoms with Crippen molar-refractivity contribution < 1.29 is 65.1 Å². The number of aliphatic hydroxyl groups is 5. The maximum Gasteiger partial charge on any atom is 0.337 e. The molecule has 0 spiro atoms. The van der Waals surface area contributed by atoms with Crippen molar-refractivity contribution in [1.82, 2.24) is 0 Å². The van der Waals surface area contributed by atoms with Gasteiger partial charge in [-0.05, 0) is 12.1 Å². The first-order valence-corrected chi connectivity index (χ1v) is 7.25. The number of hydrogen-bond donors (Lipinski definition) is 9. The van der Waals surface area contributed by atoms with Crippen molar-refractivity contribution in [2.45, 2.75) is 24.4 Å². The minimum atomic E-state index is -2.20. The van der Waals surface area contributed by atoms with Crippen LogP contribution in [0.4, 0.5) is 0 Å². The Morgan fingerprint density at radius 3 is 1.46 bits per heavy atom. The van der Waals surface area contributed by atoms with Gasteiger partial charge in [0.25, 0.3) is 0 Å². The second-order valence-electron chi connectivity index (χ2n) is 5.16. The minimum absolute atomic E-state index is 0.539. The van der Waals surface area contributed by atoms with Crippen LogP contribution in [-0.4, -0.2) is 101 Å². The van der Waals surface area contributed by atoms with Crippen molar-refractivity contribution >= 4 is 23.9 Å². The second-order valence-corrected chi connectivity index (χ2v) is 5.16. The summed E-state index contributed by atoms with van der Waals surface area (Å²) in [6, 6.07) is 3.26. The number of carboxylic acid groups (broad SMARTS) is 4. The van der Waals surface area contributed by atoms with Gasteiger partial charge in [0.1, 0.15) is 18.3 Å². The predicted molar refractivity (Wildman–Crippen MR) is 86.1 cm³/mol. The third-order valence-electron chi connectivity index (χ3n) is 3.25. The summed E-state index contributed by atoms with van der Waals surface area (Å²) >= 11 is 0. The molecule has 4 atom stereocenters. The number of benzene rings is 1. The monoisotopic (exact) mass is 406 g/mol. The summed E-state index contributed by atoms with van der Waals surface area (Å²) in [5.41, 5.74) is -1.79. The highest BCUT2D eigenvalue weighted by molar-refractivity contribution is 6.09. The Hall–Kier alpha value is -3.10. The van der Waals surface area contributed by atoms with Crippen LogP contribution in [0.25, 0.3) is 0 Å². The molecule has 28 heavy (non-hydrogen) atoms. The lowest BCUT2D eigenvalue weighted by Crippen LogP contribution is -2.48. The van der Waals surface area contributed by atoms with Gasteiger partial charge in [-0.15, -0.1) is 0 Å². The largest absolute Gasteiger partial charge is 0.479 e. The fourth-order valence-electron chi connectivity index (χ4n) is 1.81. The molecule has 0 bridgehead atoms. The lowest BCUT2D eigenvalue weighted by atomic mass is 10.0. The van der Waals surface area contributed by atoms with Crippen molar-refractivity contribution in [3.8, 4) is 0 Å². The van der Waals surface area contributed by atoms with Gasteiger partial charge in [0.15, 0.2) is 6.10 Å². The third-order valence-corrected chi connectivity index (χ3v) is 3.25. The van der Waals surface area contributed by atoms with E-state index in [1.54, 1.807) is 0 Å². The Bertz CT molecular complexity index is 696. The number of carbonyl (C=O) groups is 4. The average molecular weight is 406 g/mol. The Kier molecular flexibility index (Phi) is 9.70. The molecule has 156 valence electrons. The Balaban J connectivity index is 0.000000528. The highest BCUT2D eigenvalue weighted by Gasteiger charge is 2.33.